The second-order valence-electron chi connectivity index (χ2n) is 3.82. The van der Waals surface area contributed by atoms with Crippen molar-refractivity contribution in [3.8, 4) is 0 Å². The van der Waals surface area contributed by atoms with Gasteiger partial charge in [0.25, 0.3) is 0 Å². The van der Waals surface area contributed by atoms with Crippen molar-refractivity contribution in [3.63, 3.8) is 0 Å². The van der Waals surface area contributed by atoms with Gasteiger partial charge < -0.3 is 21.3 Å². The number of carboxylic acids is 2. The number of amides is 1. The summed E-state index contributed by atoms with van der Waals surface area (Å²) in [5.41, 5.74) is 5.32. The summed E-state index contributed by atoms with van der Waals surface area (Å²) in [6.45, 7) is 2.46. The second-order valence-corrected chi connectivity index (χ2v) is 7.91. The van der Waals surface area contributed by atoms with Gasteiger partial charge in [-0.2, -0.15) is 0 Å². The Morgan fingerprint density at radius 3 is 2.10 bits per heavy atom. The number of carbonyl (C=O) groups is 4. The monoisotopic (exact) mass is 325 g/mol. The van der Waals surface area contributed by atoms with Gasteiger partial charge in [0, 0.05) is 13.8 Å². The molecule has 5 N–H and O–H groups in total. The molecular formula is C10H17N2O6S2+. The smallest absolute Gasteiger partial charge is 0.340 e. The summed E-state index contributed by atoms with van der Waals surface area (Å²) in [4.78, 5) is 43.9. The first kappa shape index (κ1) is 18.7. The highest BCUT2D eigenvalue weighted by Gasteiger charge is 2.36. The van der Waals surface area contributed by atoms with Crippen LogP contribution in [0.25, 0.3) is 0 Å². The van der Waals surface area contributed by atoms with Crippen LogP contribution in [0, 0.1) is 0 Å². The van der Waals surface area contributed by atoms with E-state index in [0.717, 1.165) is 10.8 Å². The molecule has 0 aromatic heterocycles. The zero-order valence-electron chi connectivity index (χ0n) is 11.0. The van der Waals surface area contributed by atoms with E-state index >= 15 is 0 Å². The van der Waals surface area contributed by atoms with Gasteiger partial charge >= 0.3 is 17.1 Å². The van der Waals surface area contributed by atoms with Crippen molar-refractivity contribution in [2.45, 2.75) is 25.9 Å². The van der Waals surface area contributed by atoms with Crippen molar-refractivity contribution in [1.29, 1.82) is 0 Å². The third-order valence-corrected chi connectivity index (χ3v) is 6.45. The zero-order valence-corrected chi connectivity index (χ0v) is 12.6. The molecule has 0 saturated heterocycles. The minimum atomic E-state index is -1.25. The molecule has 0 aromatic carbocycles. The summed E-state index contributed by atoms with van der Waals surface area (Å²) >= 11 is 0. The largest absolute Gasteiger partial charge is 0.480 e. The quantitative estimate of drug-likeness (QED) is 0.321. The fourth-order valence-corrected chi connectivity index (χ4v) is 4.65. The van der Waals surface area contributed by atoms with Crippen LogP contribution < -0.4 is 11.1 Å². The summed E-state index contributed by atoms with van der Waals surface area (Å²) in [6, 6.07) is -2.31. The van der Waals surface area contributed by atoms with Gasteiger partial charge in [-0.3, -0.25) is 9.59 Å². The van der Waals surface area contributed by atoms with Crippen LogP contribution in [0.4, 0.5) is 0 Å². The summed E-state index contributed by atoms with van der Waals surface area (Å²) < 4.78 is 0. The molecule has 0 fully saturated rings. The molecule has 0 heterocycles. The number of hydrogen-bond donors (Lipinski definition) is 4. The SMILES string of the molecule is CC(=O)N[C@@H](C[S+](SC[C@H](N)C(=O)O)C(C)=O)C(=O)O. The van der Waals surface area contributed by atoms with Crippen LogP contribution in [-0.4, -0.2) is 56.8 Å². The van der Waals surface area contributed by atoms with Crippen LogP contribution in [0.5, 0.6) is 0 Å². The molecule has 0 aliphatic heterocycles. The summed E-state index contributed by atoms with van der Waals surface area (Å²) in [5, 5.41) is 19.6. The Hall–Kier alpha value is -1.26. The molecule has 0 rings (SSSR count). The minimum absolute atomic E-state index is 0.00949. The molecule has 0 aliphatic rings. The Balaban J connectivity index is 4.66. The number of rotatable bonds is 8. The third kappa shape index (κ3) is 7.36. The molecule has 10 heteroatoms. The second kappa shape index (κ2) is 8.82. The van der Waals surface area contributed by atoms with E-state index in [1.54, 1.807) is 0 Å². The first-order chi connectivity index (χ1) is 9.15. The average molecular weight is 325 g/mol. The highest BCUT2D eigenvalue weighted by molar-refractivity contribution is 8.79. The van der Waals surface area contributed by atoms with Gasteiger partial charge in [-0.25, -0.2) is 9.59 Å². The Morgan fingerprint density at radius 1 is 1.20 bits per heavy atom. The van der Waals surface area contributed by atoms with E-state index in [2.05, 4.69) is 5.32 Å². The molecular weight excluding hydrogens is 308 g/mol. The molecule has 0 radical (unpaired) electrons. The van der Waals surface area contributed by atoms with Crippen molar-refractivity contribution >= 4 is 43.7 Å². The van der Waals surface area contributed by atoms with Gasteiger partial charge in [0.15, 0.2) is 11.8 Å². The maximum absolute atomic E-state index is 11.5. The number of carboxylic acid groups (broad SMARTS) is 2. The standard InChI is InChI=1S/C10H16N2O6S2/c1-5(13)12-8(10(17)18)4-20(6(2)14)19-3-7(11)9(15)16/h7-8H,3-4,11H2,1-2H3,(H2-,12,13,15,16,17,18)/p+1/t7-,8-,20?/m0/s1. The van der Waals surface area contributed by atoms with E-state index in [9.17, 15) is 19.2 Å². The Labute approximate surface area is 122 Å². The molecule has 3 atom stereocenters. The Morgan fingerprint density at radius 2 is 1.75 bits per heavy atom. The topological polar surface area (TPSA) is 147 Å². The van der Waals surface area contributed by atoms with Crippen LogP contribution in [0.3, 0.4) is 0 Å². The van der Waals surface area contributed by atoms with Gasteiger partial charge in [-0.05, 0) is 0 Å². The van der Waals surface area contributed by atoms with E-state index in [1.807, 2.05) is 0 Å². The Kier molecular flexibility index (Phi) is 8.26. The molecule has 20 heavy (non-hydrogen) atoms. The first-order valence-electron chi connectivity index (χ1n) is 5.48. The van der Waals surface area contributed by atoms with Crippen LogP contribution >= 0.6 is 10.8 Å². The van der Waals surface area contributed by atoms with Gasteiger partial charge in [-0.1, -0.05) is 0 Å². The molecule has 0 saturated carbocycles. The normalized spacial score (nSPS) is 14.9. The Bertz CT molecular complexity index is 403. The van der Waals surface area contributed by atoms with Gasteiger partial charge in [0.2, 0.25) is 5.91 Å². The van der Waals surface area contributed by atoms with Crippen LogP contribution in [0.1, 0.15) is 13.8 Å². The number of carbonyl (C=O) groups excluding carboxylic acids is 2. The number of hydrogen-bond acceptors (Lipinski definition) is 6. The molecule has 0 aliphatic carbocycles. The minimum Gasteiger partial charge on any atom is -0.480 e. The summed E-state index contributed by atoms with van der Waals surface area (Å²) in [5.74, 6) is -3.06. The average Bonchev–Trinajstić information content (AvgIpc) is 2.30. The molecule has 114 valence electrons. The lowest BCUT2D eigenvalue weighted by molar-refractivity contribution is -0.140. The maximum atomic E-state index is 11.5. The fraction of sp³-hybridized carbons (Fsp3) is 0.600. The van der Waals surface area contributed by atoms with Gasteiger partial charge in [0.05, 0.1) is 5.75 Å². The van der Waals surface area contributed by atoms with Crippen molar-refractivity contribution in [2.75, 3.05) is 11.5 Å². The predicted octanol–water partition coefficient (Wildman–Crippen LogP) is -1.20. The maximum Gasteiger partial charge on any atom is 0.340 e. The van der Waals surface area contributed by atoms with Crippen LogP contribution in [0.15, 0.2) is 0 Å². The van der Waals surface area contributed by atoms with E-state index < -0.39 is 39.9 Å². The van der Waals surface area contributed by atoms with Crippen LogP contribution in [-0.2, 0) is 29.1 Å². The number of nitrogens with one attached hydrogen (secondary N) is 1. The van der Waals surface area contributed by atoms with E-state index in [4.69, 9.17) is 15.9 Å². The van der Waals surface area contributed by atoms with E-state index in [-0.39, 0.29) is 16.6 Å². The van der Waals surface area contributed by atoms with E-state index in [1.165, 1.54) is 13.8 Å². The summed E-state index contributed by atoms with van der Waals surface area (Å²) in [7, 11) is -0.0448. The number of nitrogens with two attached hydrogens (primary N) is 1. The molecule has 1 unspecified atom stereocenters. The van der Waals surface area contributed by atoms with E-state index in [0.29, 0.717) is 0 Å². The molecule has 0 aromatic rings. The fourth-order valence-electron chi connectivity index (χ4n) is 1.05. The molecule has 0 bridgehead atoms. The molecule has 8 nitrogen and oxygen atoms in total. The molecule has 0 spiro atoms. The lowest BCUT2D eigenvalue weighted by Crippen LogP contribution is -2.45. The lowest BCUT2D eigenvalue weighted by atomic mass is 10.3. The van der Waals surface area contributed by atoms with Crippen molar-refractivity contribution in [1.82, 2.24) is 5.32 Å². The lowest BCUT2D eigenvalue weighted by Gasteiger charge is -2.12. The molecule has 1 amide bonds. The van der Waals surface area contributed by atoms with Gasteiger partial charge in [0.1, 0.15) is 26.8 Å². The highest BCUT2D eigenvalue weighted by Crippen LogP contribution is 2.20. The van der Waals surface area contributed by atoms with Crippen molar-refractivity contribution < 1.29 is 29.4 Å². The first-order valence-corrected chi connectivity index (χ1v) is 8.37. The van der Waals surface area contributed by atoms with Crippen molar-refractivity contribution in [3.05, 3.63) is 0 Å². The van der Waals surface area contributed by atoms with Crippen molar-refractivity contribution in [2.24, 2.45) is 5.73 Å². The predicted molar refractivity (Wildman–Crippen MR) is 76.2 cm³/mol. The zero-order chi connectivity index (χ0) is 15.9. The van der Waals surface area contributed by atoms with Crippen LogP contribution in [0.2, 0.25) is 0 Å². The highest BCUT2D eigenvalue weighted by atomic mass is 33.1. The number of aliphatic carboxylic acids is 2. The summed E-state index contributed by atoms with van der Waals surface area (Å²) in [6.07, 6.45) is 0. The third-order valence-electron chi connectivity index (χ3n) is 2.02. The van der Waals surface area contributed by atoms with Gasteiger partial charge in [-0.15, -0.1) is 0 Å².